The highest BCUT2D eigenvalue weighted by Crippen LogP contribution is 2.28. The van der Waals surface area contributed by atoms with Crippen molar-refractivity contribution in [3.05, 3.63) is 95.1 Å². The van der Waals surface area contributed by atoms with Gasteiger partial charge in [0.05, 0.1) is 19.3 Å². The summed E-state index contributed by atoms with van der Waals surface area (Å²) in [5.41, 5.74) is 6.13. The third-order valence-electron chi connectivity index (χ3n) is 6.95. The zero-order valence-electron chi connectivity index (χ0n) is 19.3. The topological polar surface area (TPSA) is 37.2 Å². The molecule has 2 aliphatic rings. The minimum absolute atomic E-state index is 0.125. The molecule has 170 valence electrons. The molecule has 3 aromatic carbocycles. The Morgan fingerprint density at radius 2 is 1.58 bits per heavy atom. The Hall–Kier alpha value is -3.31. The number of piperazine rings is 1. The zero-order chi connectivity index (χ0) is 22.6. The van der Waals surface area contributed by atoms with E-state index in [9.17, 15) is 4.79 Å². The maximum Gasteiger partial charge on any atom is 0.253 e. The number of amides is 1. The van der Waals surface area contributed by atoms with E-state index in [2.05, 4.69) is 47.4 Å². The van der Waals surface area contributed by atoms with Crippen LogP contribution in [0.4, 0.5) is 5.69 Å². The lowest BCUT2D eigenvalue weighted by molar-refractivity contribution is -0.929. The average Bonchev–Trinajstić information content (AvgIpc) is 2.89. The molecule has 1 amide bonds. The van der Waals surface area contributed by atoms with E-state index in [4.69, 9.17) is 4.74 Å². The lowest BCUT2D eigenvalue weighted by atomic mass is 9.99. The normalized spacial score (nSPS) is 18.0. The predicted molar refractivity (Wildman–Crippen MR) is 131 cm³/mol. The van der Waals surface area contributed by atoms with E-state index < -0.39 is 0 Å². The van der Waals surface area contributed by atoms with Crippen LogP contribution >= 0.6 is 0 Å². The summed E-state index contributed by atoms with van der Waals surface area (Å²) in [6, 6.07) is 25.1. The molecule has 3 aromatic rings. The third-order valence-corrected chi connectivity index (χ3v) is 6.95. The molecule has 1 N–H and O–H groups in total. The van der Waals surface area contributed by atoms with Gasteiger partial charge >= 0.3 is 0 Å². The van der Waals surface area contributed by atoms with Gasteiger partial charge in [0.1, 0.15) is 18.8 Å². The maximum absolute atomic E-state index is 13.1. The largest absolute Gasteiger partial charge is 0.495 e. The Bertz CT molecular complexity index is 1100. The molecular weight excluding hydrogens is 410 g/mol. The minimum atomic E-state index is 0.125. The van der Waals surface area contributed by atoms with Crippen molar-refractivity contribution in [1.29, 1.82) is 0 Å². The zero-order valence-corrected chi connectivity index (χ0v) is 19.3. The van der Waals surface area contributed by atoms with Gasteiger partial charge in [-0.25, -0.2) is 0 Å². The smallest absolute Gasteiger partial charge is 0.253 e. The summed E-state index contributed by atoms with van der Waals surface area (Å²) in [5.74, 6) is 1.01. The molecule has 2 heterocycles. The van der Waals surface area contributed by atoms with Gasteiger partial charge in [-0.1, -0.05) is 48.5 Å². The number of rotatable bonds is 5. The van der Waals surface area contributed by atoms with Gasteiger partial charge in [-0.05, 0) is 29.8 Å². The van der Waals surface area contributed by atoms with E-state index in [0.717, 1.165) is 69.2 Å². The molecule has 0 aromatic heterocycles. The molecule has 1 fully saturated rings. The molecule has 1 unspecified atom stereocenters. The van der Waals surface area contributed by atoms with Crippen molar-refractivity contribution in [2.24, 2.45) is 0 Å². The molecule has 1 saturated heterocycles. The first-order valence-electron chi connectivity index (χ1n) is 11.9. The summed E-state index contributed by atoms with van der Waals surface area (Å²) in [6.45, 7) is 6.29. The molecule has 5 heteroatoms. The Morgan fingerprint density at radius 3 is 2.33 bits per heavy atom. The number of hydrogen-bond donors (Lipinski definition) is 1. The number of hydrogen-bond acceptors (Lipinski definition) is 3. The fourth-order valence-electron chi connectivity index (χ4n) is 5.07. The van der Waals surface area contributed by atoms with Crippen LogP contribution in [0.2, 0.25) is 0 Å². The van der Waals surface area contributed by atoms with E-state index in [1.807, 2.05) is 35.2 Å². The molecule has 33 heavy (non-hydrogen) atoms. The first-order chi connectivity index (χ1) is 16.2. The lowest BCUT2D eigenvalue weighted by Crippen LogP contribution is -3.10. The van der Waals surface area contributed by atoms with Crippen molar-refractivity contribution >= 4 is 11.6 Å². The van der Waals surface area contributed by atoms with Crippen LogP contribution in [-0.2, 0) is 19.5 Å². The van der Waals surface area contributed by atoms with E-state index in [-0.39, 0.29) is 5.91 Å². The van der Waals surface area contributed by atoms with Crippen LogP contribution in [0, 0.1) is 0 Å². The molecule has 5 rings (SSSR count). The standard InChI is InChI=1S/C28H31N3O2/c1-33-27-9-5-4-8-26(27)30-16-18-31(19-17-30)28(32)24-12-10-22(11-13-24)20-29-15-14-23-6-2-3-7-25(23)21-29/h2-13H,14-21H2,1H3/p+1. The summed E-state index contributed by atoms with van der Waals surface area (Å²) in [4.78, 5) is 18.9. The average molecular weight is 443 g/mol. The Balaban J connectivity index is 1.17. The maximum atomic E-state index is 13.1. The van der Waals surface area contributed by atoms with Crippen molar-refractivity contribution in [2.75, 3.05) is 44.7 Å². The number of methoxy groups -OCH3 is 1. The highest BCUT2D eigenvalue weighted by molar-refractivity contribution is 5.94. The van der Waals surface area contributed by atoms with E-state index in [1.165, 1.54) is 16.7 Å². The predicted octanol–water partition coefficient (Wildman–Crippen LogP) is 2.80. The summed E-state index contributed by atoms with van der Waals surface area (Å²) in [7, 11) is 1.70. The quantitative estimate of drug-likeness (QED) is 0.660. The molecule has 2 aliphatic heterocycles. The van der Waals surface area contributed by atoms with Crippen LogP contribution in [0.15, 0.2) is 72.8 Å². The summed E-state index contributed by atoms with van der Waals surface area (Å²) in [5, 5.41) is 0. The van der Waals surface area contributed by atoms with Gasteiger partial charge < -0.3 is 19.4 Å². The van der Waals surface area contributed by atoms with Crippen LogP contribution in [0.5, 0.6) is 5.75 Å². The highest BCUT2D eigenvalue weighted by atomic mass is 16.5. The van der Waals surface area contributed by atoms with Crippen LogP contribution in [0.1, 0.15) is 27.0 Å². The fraction of sp³-hybridized carbons (Fsp3) is 0.321. The molecule has 0 spiro atoms. The number of ether oxygens (including phenoxy) is 1. The molecule has 0 bridgehead atoms. The van der Waals surface area contributed by atoms with Crippen molar-refractivity contribution in [3.63, 3.8) is 0 Å². The van der Waals surface area contributed by atoms with Gasteiger partial charge in [0.15, 0.2) is 0 Å². The SMILES string of the molecule is COc1ccccc1N1CCN(C(=O)c2ccc(C[NH+]3CCc4ccccc4C3)cc2)CC1. The van der Waals surface area contributed by atoms with Gasteiger partial charge in [0, 0.05) is 49.3 Å². The van der Waals surface area contributed by atoms with E-state index in [1.54, 1.807) is 12.0 Å². The number of fused-ring (bicyclic) bond motifs is 1. The molecule has 1 atom stereocenters. The van der Waals surface area contributed by atoms with Crippen molar-refractivity contribution in [3.8, 4) is 5.75 Å². The summed E-state index contributed by atoms with van der Waals surface area (Å²) < 4.78 is 5.50. The molecule has 0 saturated carbocycles. The van der Waals surface area contributed by atoms with E-state index >= 15 is 0 Å². The van der Waals surface area contributed by atoms with Crippen molar-refractivity contribution in [2.45, 2.75) is 19.5 Å². The number of nitrogens with zero attached hydrogens (tertiary/aromatic N) is 2. The second-order valence-electron chi connectivity index (χ2n) is 9.02. The first-order valence-corrected chi connectivity index (χ1v) is 11.9. The number of para-hydroxylation sites is 2. The fourth-order valence-corrected chi connectivity index (χ4v) is 5.07. The van der Waals surface area contributed by atoms with Crippen LogP contribution in [0.25, 0.3) is 0 Å². The highest BCUT2D eigenvalue weighted by Gasteiger charge is 2.24. The van der Waals surface area contributed by atoms with Crippen molar-refractivity contribution < 1.29 is 14.4 Å². The Morgan fingerprint density at radius 1 is 0.879 bits per heavy atom. The van der Waals surface area contributed by atoms with E-state index in [0.29, 0.717) is 0 Å². The van der Waals surface area contributed by atoms with Gasteiger partial charge in [-0.3, -0.25) is 4.79 Å². The number of anilines is 1. The van der Waals surface area contributed by atoms with Gasteiger partial charge in [-0.2, -0.15) is 0 Å². The molecule has 0 radical (unpaired) electrons. The summed E-state index contributed by atoms with van der Waals surface area (Å²) in [6.07, 6.45) is 1.14. The lowest BCUT2D eigenvalue weighted by Gasteiger charge is -2.36. The summed E-state index contributed by atoms with van der Waals surface area (Å²) >= 11 is 0. The number of nitrogens with one attached hydrogen (secondary N) is 1. The van der Waals surface area contributed by atoms with Gasteiger partial charge in [0.2, 0.25) is 0 Å². The van der Waals surface area contributed by atoms with Gasteiger partial charge in [-0.15, -0.1) is 0 Å². The number of carbonyl (C=O) groups excluding carboxylic acids is 1. The monoisotopic (exact) mass is 442 g/mol. The van der Waals surface area contributed by atoms with Crippen molar-refractivity contribution in [1.82, 2.24) is 4.90 Å². The van der Waals surface area contributed by atoms with Gasteiger partial charge in [0.25, 0.3) is 5.91 Å². The molecular formula is C28H32N3O2+. The Kier molecular flexibility index (Phi) is 6.31. The van der Waals surface area contributed by atoms with Crippen LogP contribution < -0.4 is 14.5 Å². The minimum Gasteiger partial charge on any atom is -0.495 e. The molecule has 5 nitrogen and oxygen atoms in total. The van der Waals surface area contributed by atoms with Crippen LogP contribution in [0.3, 0.4) is 0 Å². The third kappa shape index (κ3) is 4.74. The Labute approximate surface area is 196 Å². The number of quaternary nitrogens is 1. The number of benzene rings is 3. The second kappa shape index (κ2) is 9.67. The second-order valence-corrected chi connectivity index (χ2v) is 9.02. The molecule has 0 aliphatic carbocycles. The van der Waals surface area contributed by atoms with Crippen LogP contribution in [-0.4, -0.2) is 50.6 Å². The first kappa shape index (κ1) is 21.5. The number of carbonyl (C=O) groups is 1.